The number of anilines is 1. The van der Waals surface area contributed by atoms with Crippen LogP contribution in [0.3, 0.4) is 0 Å². The number of thiophene rings is 1. The highest BCUT2D eigenvalue weighted by Gasteiger charge is 2.17. The quantitative estimate of drug-likeness (QED) is 0.838. The number of nitrogens with two attached hydrogens (primary N) is 1. The van der Waals surface area contributed by atoms with Crippen molar-refractivity contribution in [3.8, 4) is 0 Å². The Kier molecular flexibility index (Phi) is 4.57. The predicted octanol–water partition coefficient (Wildman–Crippen LogP) is 3.93. The van der Waals surface area contributed by atoms with E-state index in [2.05, 4.69) is 9.97 Å². The van der Waals surface area contributed by atoms with Crippen LogP contribution in [0.5, 0.6) is 0 Å². The van der Waals surface area contributed by atoms with Crippen LogP contribution in [-0.2, 0) is 0 Å². The molecule has 0 unspecified atom stereocenters. The molecule has 0 saturated carbocycles. The molecule has 0 bridgehead atoms. The largest absolute Gasteiger partial charge is 0.369 e. The molecule has 2 aromatic heterocycles. The van der Waals surface area contributed by atoms with Crippen LogP contribution < -0.4 is 11.3 Å². The molecule has 3 rings (SSSR count). The number of nitrogens with one attached hydrogen (secondary N) is 1. The third kappa shape index (κ3) is 2.90. The van der Waals surface area contributed by atoms with E-state index >= 15 is 0 Å². The fourth-order valence-electron chi connectivity index (χ4n) is 2.26. The minimum Gasteiger partial charge on any atom is -0.369 e. The summed E-state index contributed by atoms with van der Waals surface area (Å²) in [7, 11) is 0. The number of aryl methyl sites for hydroxylation is 1. The van der Waals surface area contributed by atoms with E-state index in [0.29, 0.717) is 23.1 Å². The number of hydrogen-bond acceptors (Lipinski definition) is 4. The zero-order chi connectivity index (χ0) is 15.6. The van der Waals surface area contributed by atoms with E-state index in [1.54, 1.807) is 0 Å². The summed E-state index contributed by atoms with van der Waals surface area (Å²) in [4.78, 5) is 20.0. The Labute approximate surface area is 126 Å². The van der Waals surface area contributed by atoms with Gasteiger partial charge in [-0.05, 0) is 30.6 Å². The van der Waals surface area contributed by atoms with Gasteiger partial charge >= 0.3 is 0 Å². The zero-order valence-corrected chi connectivity index (χ0v) is 13.1. The number of hydrogen-bond donors (Lipinski definition) is 2. The molecule has 112 valence electrons. The van der Waals surface area contributed by atoms with Gasteiger partial charge in [0, 0.05) is 11.3 Å². The van der Waals surface area contributed by atoms with E-state index < -0.39 is 0 Å². The van der Waals surface area contributed by atoms with Crippen molar-refractivity contribution in [3.05, 3.63) is 38.8 Å². The standard InChI is InChI=1S/C13H12FN3OS.C2H6/c1-6-9-11(18)16-13(15)17-12(9)19-10(6)7-3-2-4-8(14)5-7;1-2/h3,5H,2,4H2,1H3,(H3,15,16,17,18);1-2H3. The molecule has 0 saturated heterocycles. The highest BCUT2D eigenvalue weighted by molar-refractivity contribution is 7.19. The van der Waals surface area contributed by atoms with Gasteiger partial charge in [0.1, 0.15) is 10.7 Å². The van der Waals surface area contributed by atoms with Crippen LogP contribution in [0.2, 0.25) is 0 Å². The van der Waals surface area contributed by atoms with E-state index in [0.717, 1.165) is 16.0 Å². The number of fused-ring (bicyclic) bond motifs is 1. The Balaban J connectivity index is 0.000000774. The summed E-state index contributed by atoms with van der Waals surface area (Å²) in [6.45, 7) is 5.85. The number of aromatic amines is 1. The Hall–Kier alpha value is -1.95. The van der Waals surface area contributed by atoms with E-state index in [4.69, 9.17) is 5.73 Å². The molecule has 0 spiro atoms. The zero-order valence-electron chi connectivity index (χ0n) is 12.3. The summed E-state index contributed by atoms with van der Waals surface area (Å²) in [6, 6.07) is 0. The molecule has 0 atom stereocenters. The third-order valence-electron chi connectivity index (χ3n) is 3.14. The minimum atomic E-state index is -0.247. The first-order valence-corrected chi connectivity index (χ1v) is 7.73. The number of nitrogens with zero attached hydrogens (tertiary/aromatic N) is 1. The molecule has 1 aliphatic rings. The van der Waals surface area contributed by atoms with E-state index in [9.17, 15) is 9.18 Å². The lowest BCUT2D eigenvalue weighted by Gasteiger charge is -2.07. The molecule has 3 N–H and O–H groups in total. The SMILES string of the molecule is CC.Cc1c(C2=CCCC(F)=C2)sc2nc(N)[nH]c(=O)c12. The second kappa shape index (κ2) is 6.22. The van der Waals surface area contributed by atoms with Crippen molar-refractivity contribution in [1.82, 2.24) is 9.97 Å². The average Bonchev–Trinajstić information content (AvgIpc) is 2.78. The second-order valence-corrected chi connectivity index (χ2v) is 5.48. The van der Waals surface area contributed by atoms with Gasteiger partial charge in [-0.15, -0.1) is 11.3 Å². The lowest BCUT2D eigenvalue weighted by Crippen LogP contribution is -2.10. The normalized spacial score (nSPS) is 14.3. The first-order chi connectivity index (χ1) is 10.1. The van der Waals surface area contributed by atoms with E-state index in [1.807, 2.05) is 26.8 Å². The number of nitrogen functional groups attached to an aromatic ring is 1. The molecule has 1 aliphatic carbocycles. The molecule has 0 aromatic carbocycles. The summed E-state index contributed by atoms with van der Waals surface area (Å²) in [5.41, 5.74) is 6.94. The van der Waals surface area contributed by atoms with Crippen molar-refractivity contribution in [1.29, 1.82) is 0 Å². The minimum absolute atomic E-state index is 0.102. The lowest BCUT2D eigenvalue weighted by molar-refractivity contribution is 0.589. The molecular weight excluding hydrogens is 289 g/mol. The number of rotatable bonds is 1. The molecular formula is C15H18FN3OS. The van der Waals surface area contributed by atoms with Gasteiger partial charge in [0.2, 0.25) is 5.95 Å². The summed E-state index contributed by atoms with van der Waals surface area (Å²) >= 11 is 1.37. The molecule has 0 radical (unpaired) electrons. The molecule has 0 amide bonds. The van der Waals surface area contributed by atoms with Crippen molar-refractivity contribution < 1.29 is 4.39 Å². The average molecular weight is 307 g/mol. The fourth-order valence-corrected chi connectivity index (χ4v) is 3.46. The van der Waals surface area contributed by atoms with Crippen LogP contribution >= 0.6 is 11.3 Å². The van der Waals surface area contributed by atoms with Crippen LogP contribution in [0.15, 0.2) is 22.8 Å². The number of aromatic nitrogens is 2. The Morgan fingerprint density at radius 1 is 1.43 bits per heavy atom. The topological polar surface area (TPSA) is 71.8 Å². The van der Waals surface area contributed by atoms with Gasteiger partial charge < -0.3 is 5.73 Å². The first-order valence-electron chi connectivity index (χ1n) is 6.92. The Morgan fingerprint density at radius 2 is 2.14 bits per heavy atom. The van der Waals surface area contributed by atoms with E-state index in [-0.39, 0.29) is 17.3 Å². The lowest BCUT2D eigenvalue weighted by atomic mass is 10.0. The van der Waals surface area contributed by atoms with Gasteiger partial charge in [0.15, 0.2) is 0 Å². The van der Waals surface area contributed by atoms with Crippen LogP contribution in [-0.4, -0.2) is 9.97 Å². The first kappa shape index (κ1) is 15.4. The summed E-state index contributed by atoms with van der Waals surface area (Å²) in [5, 5.41) is 0.537. The second-order valence-electron chi connectivity index (χ2n) is 4.48. The third-order valence-corrected chi connectivity index (χ3v) is 4.38. The molecule has 4 nitrogen and oxygen atoms in total. The van der Waals surface area contributed by atoms with Crippen molar-refractivity contribution >= 4 is 33.1 Å². The monoisotopic (exact) mass is 307 g/mol. The summed E-state index contributed by atoms with van der Waals surface area (Å²) < 4.78 is 13.4. The fraction of sp³-hybridized carbons (Fsp3) is 0.333. The van der Waals surface area contributed by atoms with Gasteiger partial charge in [-0.3, -0.25) is 9.78 Å². The molecule has 6 heteroatoms. The van der Waals surface area contributed by atoms with Crippen LogP contribution in [0.1, 0.15) is 37.1 Å². The van der Waals surface area contributed by atoms with Crippen molar-refractivity contribution in [2.24, 2.45) is 0 Å². The highest BCUT2D eigenvalue weighted by atomic mass is 32.1. The number of halogens is 1. The summed E-state index contributed by atoms with van der Waals surface area (Å²) in [6.07, 6.45) is 4.63. The van der Waals surface area contributed by atoms with Gasteiger partial charge in [0.25, 0.3) is 5.56 Å². The van der Waals surface area contributed by atoms with Gasteiger partial charge in [-0.25, -0.2) is 9.37 Å². The number of H-pyrrole nitrogens is 1. The van der Waals surface area contributed by atoms with Crippen molar-refractivity contribution in [2.45, 2.75) is 33.6 Å². The van der Waals surface area contributed by atoms with Crippen LogP contribution in [0.4, 0.5) is 10.3 Å². The molecule has 0 fully saturated rings. The van der Waals surface area contributed by atoms with Crippen molar-refractivity contribution in [2.75, 3.05) is 5.73 Å². The number of allylic oxidation sites excluding steroid dienone is 4. The van der Waals surface area contributed by atoms with Gasteiger partial charge in [-0.2, -0.15) is 0 Å². The molecule has 2 aromatic rings. The maximum Gasteiger partial charge on any atom is 0.261 e. The molecule has 21 heavy (non-hydrogen) atoms. The smallest absolute Gasteiger partial charge is 0.261 e. The van der Waals surface area contributed by atoms with Gasteiger partial charge in [0.05, 0.1) is 5.39 Å². The maximum atomic E-state index is 13.4. The van der Waals surface area contributed by atoms with Crippen LogP contribution in [0, 0.1) is 6.92 Å². The van der Waals surface area contributed by atoms with Crippen molar-refractivity contribution in [3.63, 3.8) is 0 Å². The maximum absolute atomic E-state index is 13.4. The molecule has 2 heterocycles. The van der Waals surface area contributed by atoms with Crippen LogP contribution in [0.25, 0.3) is 15.8 Å². The predicted molar refractivity (Wildman–Crippen MR) is 87.1 cm³/mol. The highest BCUT2D eigenvalue weighted by Crippen LogP contribution is 2.36. The van der Waals surface area contributed by atoms with E-state index in [1.165, 1.54) is 17.4 Å². The van der Waals surface area contributed by atoms with Gasteiger partial charge in [-0.1, -0.05) is 19.9 Å². The Morgan fingerprint density at radius 3 is 2.81 bits per heavy atom. The molecule has 0 aliphatic heterocycles. The Bertz CT molecular complexity index is 786. The summed E-state index contributed by atoms with van der Waals surface area (Å²) in [5.74, 6) is -0.0274.